The van der Waals surface area contributed by atoms with Crippen molar-refractivity contribution in [3.05, 3.63) is 70.8 Å². The topological polar surface area (TPSA) is 46.6 Å². The number of hydrogen-bond acceptors (Lipinski definition) is 3. The van der Waals surface area contributed by atoms with Crippen LogP contribution in [0.3, 0.4) is 0 Å². The number of methoxy groups -OCH3 is 1. The van der Waals surface area contributed by atoms with E-state index in [1.807, 2.05) is 36.4 Å². The number of aryl methyl sites for hydroxylation is 2. The summed E-state index contributed by atoms with van der Waals surface area (Å²) in [6.07, 6.45) is 2.25. The van der Waals surface area contributed by atoms with Crippen molar-refractivity contribution in [1.29, 1.82) is 0 Å². The maximum Gasteiger partial charge on any atom is 0.224 e. The second-order valence-corrected chi connectivity index (χ2v) is 7.57. The Morgan fingerprint density at radius 3 is 2.29 bits per heavy atom. The van der Waals surface area contributed by atoms with Gasteiger partial charge < -0.3 is 9.64 Å². The summed E-state index contributed by atoms with van der Waals surface area (Å²) in [5.41, 5.74) is 5.06. The second kappa shape index (κ2) is 6.20. The molecule has 0 saturated carbocycles. The number of rotatable bonds is 2. The minimum atomic E-state index is -0.332. The van der Waals surface area contributed by atoms with E-state index >= 15 is 0 Å². The fourth-order valence-electron chi connectivity index (χ4n) is 4.77. The lowest BCUT2D eigenvalue weighted by molar-refractivity contribution is -0.117. The summed E-state index contributed by atoms with van der Waals surface area (Å²) in [7, 11) is 1.63. The third-order valence-corrected chi connectivity index (χ3v) is 6.07. The molecule has 0 spiro atoms. The van der Waals surface area contributed by atoms with Gasteiger partial charge in [0.2, 0.25) is 5.91 Å². The van der Waals surface area contributed by atoms with Gasteiger partial charge in [0.1, 0.15) is 5.75 Å². The molecule has 3 aromatic rings. The van der Waals surface area contributed by atoms with Gasteiger partial charge in [0.25, 0.3) is 0 Å². The van der Waals surface area contributed by atoms with Gasteiger partial charge in [0.05, 0.1) is 18.8 Å². The van der Waals surface area contributed by atoms with Crippen molar-refractivity contribution < 1.29 is 14.3 Å². The Morgan fingerprint density at radius 1 is 0.964 bits per heavy atom. The Labute approximate surface area is 163 Å². The number of ketones is 1. The van der Waals surface area contributed by atoms with E-state index in [9.17, 15) is 9.59 Å². The highest BCUT2D eigenvalue weighted by atomic mass is 16.5. The number of hydrogen-bond donors (Lipinski definition) is 0. The highest BCUT2D eigenvalue weighted by Gasteiger charge is 2.34. The Hall–Kier alpha value is -3.14. The number of carbonyl (C=O) groups is 2. The predicted molar refractivity (Wildman–Crippen MR) is 109 cm³/mol. The molecule has 0 radical (unpaired) electrons. The third-order valence-electron chi connectivity index (χ3n) is 6.07. The Bertz CT molecular complexity index is 1120. The van der Waals surface area contributed by atoms with E-state index < -0.39 is 0 Å². The molecule has 0 fully saturated rings. The van der Waals surface area contributed by atoms with Crippen LogP contribution in [0.5, 0.6) is 5.75 Å². The predicted octanol–water partition coefficient (Wildman–Crippen LogP) is 4.63. The molecular weight excluding hydrogens is 350 g/mol. The molecule has 0 aromatic heterocycles. The van der Waals surface area contributed by atoms with Gasteiger partial charge in [-0.1, -0.05) is 30.3 Å². The van der Waals surface area contributed by atoms with Gasteiger partial charge in [-0.2, -0.15) is 0 Å². The first-order chi connectivity index (χ1) is 13.6. The van der Waals surface area contributed by atoms with Crippen LogP contribution < -0.4 is 9.64 Å². The molecule has 2 aliphatic rings. The monoisotopic (exact) mass is 371 g/mol. The first kappa shape index (κ1) is 17.0. The van der Waals surface area contributed by atoms with E-state index in [1.54, 1.807) is 18.9 Å². The van der Waals surface area contributed by atoms with Gasteiger partial charge >= 0.3 is 0 Å². The number of ether oxygens (including phenoxy) is 1. The Morgan fingerprint density at radius 2 is 1.64 bits per heavy atom. The zero-order valence-electron chi connectivity index (χ0n) is 16.0. The smallest absolute Gasteiger partial charge is 0.224 e. The van der Waals surface area contributed by atoms with Crippen LogP contribution in [0.2, 0.25) is 0 Å². The molecule has 28 heavy (non-hydrogen) atoms. The number of Topliss-reactive ketones (excluding diaryl/α,β-unsaturated/α-hetero) is 1. The van der Waals surface area contributed by atoms with Crippen LogP contribution in [0.15, 0.2) is 48.5 Å². The van der Waals surface area contributed by atoms with Gasteiger partial charge in [-0.15, -0.1) is 0 Å². The third kappa shape index (κ3) is 2.37. The largest absolute Gasteiger partial charge is 0.497 e. The van der Waals surface area contributed by atoms with Gasteiger partial charge in [-0.3, -0.25) is 9.59 Å². The summed E-state index contributed by atoms with van der Waals surface area (Å²) < 4.78 is 5.26. The summed E-state index contributed by atoms with van der Waals surface area (Å²) in [5, 5.41) is 2.12. The van der Waals surface area contributed by atoms with Gasteiger partial charge in [-0.05, 0) is 53.1 Å². The van der Waals surface area contributed by atoms with E-state index in [0.29, 0.717) is 0 Å². The van der Waals surface area contributed by atoms with Crippen LogP contribution in [0.25, 0.3) is 10.8 Å². The number of nitrogens with zero attached hydrogens (tertiary/aromatic N) is 1. The van der Waals surface area contributed by atoms with E-state index in [4.69, 9.17) is 4.74 Å². The lowest BCUT2D eigenvalue weighted by atomic mass is 9.95. The van der Waals surface area contributed by atoms with Crippen molar-refractivity contribution in [1.82, 2.24) is 0 Å². The molecule has 140 valence electrons. The molecule has 1 aliphatic heterocycles. The van der Waals surface area contributed by atoms with Crippen LogP contribution in [-0.4, -0.2) is 18.8 Å². The van der Waals surface area contributed by atoms with Crippen LogP contribution in [-0.2, 0) is 17.6 Å². The minimum absolute atomic E-state index is 0.0554. The zero-order valence-corrected chi connectivity index (χ0v) is 16.0. The lowest BCUT2D eigenvalue weighted by Gasteiger charge is -2.30. The highest BCUT2D eigenvalue weighted by Crippen LogP contribution is 2.45. The van der Waals surface area contributed by atoms with Crippen LogP contribution in [0.1, 0.15) is 46.4 Å². The minimum Gasteiger partial charge on any atom is -0.497 e. The Kier molecular flexibility index (Phi) is 3.76. The van der Waals surface area contributed by atoms with E-state index in [-0.39, 0.29) is 24.2 Å². The van der Waals surface area contributed by atoms with Crippen LogP contribution >= 0.6 is 0 Å². The van der Waals surface area contributed by atoms with Crippen molar-refractivity contribution in [3.63, 3.8) is 0 Å². The summed E-state index contributed by atoms with van der Waals surface area (Å²) in [4.78, 5) is 27.8. The Balaban J connectivity index is 1.76. The second-order valence-electron chi connectivity index (χ2n) is 7.57. The van der Waals surface area contributed by atoms with Crippen LogP contribution in [0.4, 0.5) is 5.69 Å². The first-order valence-corrected chi connectivity index (χ1v) is 9.63. The molecule has 1 unspecified atom stereocenters. The van der Waals surface area contributed by atoms with Crippen molar-refractivity contribution >= 4 is 28.2 Å². The molecule has 0 N–H and O–H groups in total. The summed E-state index contributed by atoms with van der Waals surface area (Å²) in [5.74, 6) is 0.783. The van der Waals surface area contributed by atoms with Crippen molar-refractivity contribution in [2.24, 2.45) is 0 Å². The van der Waals surface area contributed by atoms with Gasteiger partial charge in [0, 0.05) is 24.3 Å². The highest BCUT2D eigenvalue weighted by molar-refractivity contribution is 6.18. The van der Waals surface area contributed by atoms with Gasteiger partial charge in [-0.25, -0.2) is 0 Å². The molecule has 1 heterocycles. The molecule has 4 nitrogen and oxygen atoms in total. The molecule has 3 aromatic carbocycles. The molecule has 1 atom stereocenters. The van der Waals surface area contributed by atoms with E-state index in [2.05, 4.69) is 12.1 Å². The standard InChI is InChI=1S/C24H21NO3/c1-14(26)25-20-12-8-17-4-3-16-7-11-19(24(20)23(16)17)22(27)13-21(25)15-5-9-18(28-2)10-6-15/h5-12,21H,3-4,13H2,1-2H3. The first-order valence-electron chi connectivity index (χ1n) is 9.63. The van der Waals surface area contributed by atoms with Crippen LogP contribution in [0, 0.1) is 0 Å². The summed E-state index contributed by atoms with van der Waals surface area (Å²) in [6, 6.07) is 15.5. The molecule has 1 aliphatic carbocycles. The van der Waals surface area contributed by atoms with Crippen molar-refractivity contribution in [2.45, 2.75) is 32.2 Å². The van der Waals surface area contributed by atoms with E-state index in [1.165, 1.54) is 16.5 Å². The molecule has 0 bridgehead atoms. The average molecular weight is 371 g/mol. The fraction of sp³-hybridized carbons (Fsp3) is 0.250. The molecule has 0 saturated heterocycles. The zero-order chi connectivity index (χ0) is 19.4. The number of amides is 1. The lowest BCUT2D eigenvalue weighted by Crippen LogP contribution is -2.33. The SMILES string of the molecule is COc1ccc(C2CC(=O)c3ccc4c5c(ccc(c35)N2C(C)=O)CC4)cc1. The maximum absolute atomic E-state index is 13.2. The normalized spacial score (nSPS) is 17.7. The fourth-order valence-corrected chi connectivity index (χ4v) is 4.77. The number of carbonyl (C=O) groups excluding carboxylic acids is 2. The molecule has 5 rings (SSSR count). The molecular formula is C24H21NO3. The van der Waals surface area contributed by atoms with Crippen molar-refractivity contribution in [3.8, 4) is 5.75 Å². The summed E-state index contributed by atoms with van der Waals surface area (Å²) >= 11 is 0. The van der Waals surface area contributed by atoms with E-state index in [0.717, 1.165) is 40.8 Å². The van der Waals surface area contributed by atoms with Gasteiger partial charge in [0.15, 0.2) is 5.78 Å². The molecule has 1 amide bonds. The number of anilines is 1. The van der Waals surface area contributed by atoms with Crippen molar-refractivity contribution in [2.75, 3.05) is 12.0 Å². The summed E-state index contributed by atoms with van der Waals surface area (Å²) in [6.45, 7) is 1.58. The average Bonchev–Trinajstić information content (AvgIpc) is 3.08. The quantitative estimate of drug-likeness (QED) is 0.660. The molecule has 4 heteroatoms. The maximum atomic E-state index is 13.2. The number of benzene rings is 3.